The second-order valence-electron chi connectivity index (χ2n) is 8.91. The van der Waals surface area contributed by atoms with E-state index in [-0.39, 0.29) is 0 Å². The first kappa shape index (κ1) is 20.0. The van der Waals surface area contributed by atoms with Gasteiger partial charge in [0.15, 0.2) is 0 Å². The van der Waals surface area contributed by atoms with Gasteiger partial charge in [-0.25, -0.2) is 0 Å². The van der Waals surface area contributed by atoms with E-state index < -0.39 is 0 Å². The Bertz CT molecular complexity index is 292. The van der Waals surface area contributed by atoms with Crippen molar-refractivity contribution in [2.75, 3.05) is 0 Å². The summed E-state index contributed by atoms with van der Waals surface area (Å²) in [6.07, 6.45) is 13.0. The summed E-state index contributed by atoms with van der Waals surface area (Å²) in [6, 6.07) is 0. The molecule has 1 aliphatic carbocycles. The number of rotatable bonds is 12. The second kappa shape index (κ2) is 9.33. The van der Waals surface area contributed by atoms with Crippen LogP contribution in [0.1, 0.15) is 106 Å². The molecule has 0 saturated heterocycles. The fourth-order valence-electron chi connectivity index (χ4n) is 4.84. The Morgan fingerprint density at radius 2 is 1.68 bits per heavy atom. The molecule has 0 aliphatic heterocycles. The lowest BCUT2D eigenvalue weighted by molar-refractivity contribution is 0.209. The minimum atomic E-state index is 0.648. The van der Waals surface area contributed by atoms with E-state index >= 15 is 0 Å². The van der Waals surface area contributed by atoms with Crippen LogP contribution in [0.3, 0.4) is 0 Å². The maximum Gasteiger partial charge on any atom is -0.0297 e. The first-order valence-electron chi connectivity index (χ1n) is 10.4. The Morgan fingerprint density at radius 3 is 2.14 bits per heavy atom. The molecule has 1 aliphatic rings. The molecule has 0 heterocycles. The van der Waals surface area contributed by atoms with Crippen LogP contribution < -0.4 is 0 Å². The molecule has 0 amide bonds. The van der Waals surface area contributed by atoms with E-state index in [2.05, 4.69) is 48.5 Å². The van der Waals surface area contributed by atoms with Gasteiger partial charge in [-0.1, -0.05) is 87.0 Å². The molecule has 5 atom stereocenters. The van der Waals surface area contributed by atoms with Gasteiger partial charge < -0.3 is 0 Å². The van der Waals surface area contributed by atoms with Crippen molar-refractivity contribution in [3.8, 4) is 0 Å². The van der Waals surface area contributed by atoms with Crippen molar-refractivity contribution in [1.82, 2.24) is 0 Å². The van der Waals surface area contributed by atoms with Gasteiger partial charge in [0, 0.05) is 0 Å². The molecule has 5 unspecified atom stereocenters. The normalized spacial score (nSPS) is 26.7. The maximum atomic E-state index is 2.57. The molecule has 1 fully saturated rings. The van der Waals surface area contributed by atoms with Gasteiger partial charge in [-0.05, 0) is 54.3 Å². The molecule has 132 valence electrons. The van der Waals surface area contributed by atoms with E-state index in [0.29, 0.717) is 5.41 Å². The van der Waals surface area contributed by atoms with Crippen LogP contribution in [0.25, 0.3) is 0 Å². The lowest BCUT2D eigenvalue weighted by Gasteiger charge is -2.30. The summed E-state index contributed by atoms with van der Waals surface area (Å²) in [7, 11) is 0. The summed E-state index contributed by atoms with van der Waals surface area (Å²) in [4.78, 5) is 0. The second-order valence-corrected chi connectivity index (χ2v) is 8.91. The molecule has 0 nitrogen and oxygen atoms in total. The Hall–Kier alpha value is 0. The Morgan fingerprint density at radius 1 is 1.00 bits per heavy atom. The van der Waals surface area contributed by atoms with Crippen molar-refractivity contribution in [1.29, 1.82) is 0 Å². The molecule has 0 bridgehead atoms. The Labute approximate surface area is 141 Å². The molecule has 0 radical (unpaired) electrons. The van der Waals surface area contributed by atoms with Gasteiger partial charge in [0.2, 0.25) is 0 Å². The summed E-state index contributed by atoms with van der Waals surface area (Å²) in [5, 5.41) is 0. The first-order chi connectivity index (χ1) is 10.4. The van der Waals surface area contributed by atoms with E-state index in [9.17, 15) is 0 Å². The van der Waals surface area contributed by atoms with Crippen molar-refractivity contribution >= 4 is 0 Å². The van der Waals surface area contributed by atoms with Gasteiger partial charge in [0.05, 0.1) is 0 Å². The van der Waals surface area contributed by atoms with Crippen LogP contribution in [-0.2, 0) is 0 Å². The van der Waals surface area contributed by atoms with Crippen LogP contribution in [-0.4, -0.2) is 0 Å². The van der Waals surface area contributed by atoms with Crippen molar-refractivity contribution < 1.29 is 0 Å². The fraction of sp³-hybridized carbons (Fsp3) is 1.00. The van der Waals surface area contributed by atoms with Gasteiger partial charge in [0.25, 0.3) is 0 Å². The van der Waals surface area contributed by atoms with E-state index in [1.807, 2.05) is 0 Å². The highest BCUT2D eigenvalue weighted by Crippen LogP contribution is 2.56. The third kappa shape index (κ3) is 5.57. The van der Waals surface area contributed by atoms with Gasteiger partial charge in [0.1, 0.15) is 0 Å². The smallest absolute Gasteiger partial charge is 0.0297 e. The van der Waals surface area contributed by atoms with Crippen molar-refractivity contribution in [3.05, 3.63) is 0 Å². The SMILES string of the molecule is CCC(C)C(CCCCCC(C)(CC)C1CC1CC)C(C)C. The lowest BCUT2D eigenvalue weighted by atomic mass is 9.76. The quantitative estimate of drug-likeness (QED) is 0.324. The van der Waals surface area contributed by atoms with Gasteiger partial charge in [-0.2, -0.15) is 0 Å². The molecule has 1 saturated carbocycles. The zero-order valence-corrected chi connectivity index (χ0v) is 16.8. The molecule has 22 heavy (non-hydrogen) atoms. The molecule has 0 N–H and O–H groups in total. The summed E-state index contributed by atoms with van der Waals surface area (Å²) in [6.45, 7) is 17.0. The average molecular weight is 309 g/mol. The van der Waals surface area contributed by atoms with Crippen LogP contribution in [0.4, 0.5) is 0 Å². The molecule has 0 aromatic carbocycles. The summed E-state index contributed by atoms with van der Waals surface area (Å²) in [5.74, 6) is 4.80. The monoisotopic (exact) mass is 308 g/mol. The number of hydrogen-bond donors (Lipinski definition) is 0. The third-order valence-electron chi connectivity index (χ3n) is 7.17. The van der Waals surface area contributed by atoms with E-state index in [1.165, 1.54) is 57.8 Å². The summed E-state index contributed by atoms with van der Waals surface area (Å²) >= 11 is 0. The summed E-state index contributed by atoms with van der Waals surface area (Å²) < 4.78 is 0. The average Bonchev–Trinajstić information content (AvgIpc) is 3.29. The first-order valence-corrected chi connectivity index (χ1v) is 10.4. The van der Waals surface area contributed by atoms with Crippen LogP contribution in [0.15, 0.2) is 0 Å². The zero-order chi connectivity index (χ0) is 16.8. The fourth-order valence-corrected chi connectivity index (χ4v) is 4.84. The predicted molar refractivity (Wildman–Crippen MR) is 101 cm³/mol. The third-order valence-corrected chi connectivity index (χ3v) is 7.17. The minimum Gasteiger partial charge on any atom is -0.0651 e. The maximum absolute atomic E-state index is 2.57. The number of hydrogen-bond acceptors (Lipinski definition) is 0. The van der Waals surface area contributed by atoms with Crippen LogP contribution in [0.5, 0.6) is 0 Å². The molecule has 1 rings (SSSR count). The van der Waals surface area contributed by atoms with Crippen molar-refractivity contribution in [3.63, 3.8) is 0 Å². The summed E-state index contributed by atoms with van der Waals surface area (Å²) in [5.41, 5.74) is 0.648. The van der Waals surface area contributed by atoms with Crippen LogP contribution in [0, 0.1) is 35.0 Å². The van der Waals surface area contributed by atoms with Crippen molar-refractivity contribution in [2.24, 2.45) is 35.0 Å². The predicted octanol–water partition coefficient (Wildman–Crippen LogP) is 7.72. The lowest BCUT2D eigenvalue weighted by Crippen LogP contribution is -2.19. The largest absolute Gasteiger partial charge is 0.0651 e. The van der Waals surface area contributed by atoms with Crippen LogP contribution in [0.2, 0.25) is 0 Å². The number of unbranched alkanes of at least 4 members (excludes halogenated alkanes) is 2. The molecule has 0 spiro atoms. The molecule has 0 heteroatoms. The van der Waals surface area contributed by atoms with Gasteiger partial charge >= 0.3 is 0 Å². The zero-order valence-electron chi connectivity index (χ0n) is 16.8. The highest BCUT2D eigenvalue weighted by molar-refractivity contribution is 4.96. The topological polar surface area (TPSA) is 0 Å². The highest BCUT2D eigenvalue weighted by atomic mass is 14.5. The van der Waals surface area contributed by atoms with Crippen molar-refractivity contribution in [2.45, 2.75) is 106 Å². The molecular weight excluding hydrogens is 264 g/mol. The minimum absolute atomic E-state index is 0.648. The molecule has 0 aromatic heterocycles. The molecular formula is C22H44. The van der Waals surface area contributed by atoms with Gasteiger partial charge in [-0.3, -0.25) is 0 Å². The van der Waals surface area contributed by atoms with E-state index in [0.717, 1.165) is 29.6 Å². The Kier molecular flexibility index (Phi) is 8.50. The standard InChI is InChI=1S/C22H44/c1-8-18(6)20(17(4)5)14-12-11-13-15-22(7,10-3)21-16-19(21)9-2/h17-21H,8-16H2,1-7H3. The highest BCUT2D eigenvalue weighted by Gasteiger charge is 2.47. The van der Waals surface area contributed by atoms with Gasteiger partial charge in [-0.15, -0.1) is 0 Å². The Balaban J connectivity index is 2.26. The van der Waals surface area contributed by atoms with E-state index in [4.69, 9.17) is 0 Å². The van der Waals surface area contributed by atoms with E-state index in [1.54, 1.807) is 0 Å². The molecule has 0 aromatic rings. The van der Waals surface area contributed by atoms with Crippen LogP contribution >= 0.6 is 0 Å².